The fraction of sp³-hybridized carbons (Fsp3) is 0.762. The number of likely N-dealkylation sites (tertiary alicyclic amines) is 1. The maximum absolute atomic E-state index is 13.1. The fourth-order valence-corrected chi connectivity index (χ4v) is 7.08. The third-order valence-corrected chi connectivity index (χ3v) is 8.74. The number of pyridine rings is 1. The summed E-state index contributed by atoms with van der Waals surface area (Å²) < 4.78 is 53.8. The second kappa shape index (κ2) is 8.41. The molecule has 2 aliphatic heterocycles. The summed E-state index contributed by atoms with van der Waals surface area (Å²) in [7, 11) is -2.66. The summed E-state index contributed by atoms with van der Waals surface area (Å²) in [6, 6.07) is 3.18. The molecule has 5 rings (SSSR count). The second-order valence-corrected chi connectivity index (χ2v) is 11.1. The minimum Gasteiger partial charge on any atom is -0.400 e. The number of hydrogen-bond acceptors (Lipinski definition) is 5. The number of halogens is 2. The minimum atomic E-state index is -3.66. The van der Waals surface area contributed by atoms with Gasteiger partial charge in [0.1, 0.15) is 10.6 Å². The average Bonchev–Trinajstić information content (AvgIpc) is 3.53. The van der Waals surface area contributed by atoms with Crippen molar-refractivity contribution in [1.29, 1.82) is 0 Å². The van der Waals surface area contributed by atoms with Gasteiger partial charge in [-0.2, -0.15) is 4.31 Å². The van der Waals surface area contributed by atoms with Gasteiger partial charge in [-0.25, -0.2) is 17.2 Å². The third kappa shape index (κ3) is 4.01. The first kappa shape index (κ1) is 22.0. The highest BCUT2D eigenvalue weighted by atomic mass is 32.2. The van der Waals surface area contributed by atoms with Crippen LogP contribution in [0, 0.1) is 5.41 Å². The molecule has 1 N–H and O–H groups in total. The number of rotatable bonds is 5. The highest BCUT2D eigenvalue weighted by Crippen LogP contribution is 2.47. The molecule has 2 aliphatic carbocycles. The van der Waals surface area contributed by atoms with Crippen LogP contribution in [0.2, 0.25) is 0 Å². The summed E-state index contributed by atoms with van der Waals surface area (Å²) in [5.74, 6) is 0.00390. The first-order chi connectivity index (χ1) is 14.4. The summed E-state index contributed by atoms with van der Waals surface area (Å²) >= 11 is 0. The molecule has 1 spiro atoms. The van der Waals surface area contributed by atoms with E-state index in [1.165, 1.54) is 42.5 Å². The van der Waals surface area contributed by atoms with E-state index in [9.17, 15) is 17.2 Å². The van der Waals surface area contributed by atoms with Crippen LogP contribution in [-0.2, 0) is 10.0 Å². The average molecular weight is 444 g/mol. The van der Waals surface area contributed by atoms with Crippen LogP contribution in [0.3, 0.4) is 0 Å². The van der Waals surface area contributed by atoms with Crippen molar-refractivity contribution in [2.45, 2.75) is 68.2 Å². The molecular formula is C21H31F2N3O3S. The third-order valence-electron chi connectivity index (χ3n) is 6.90. The van der Waals surface area contributed by atoms with Gasteiger partial charge in [0.25, 0.3) is 6.43 Å². The van der Waals surface area contributed by atoms with Crippen LogP contribution in [0.4, 0.5) is 8.78 Å². The standard InChI is InChI=1S/C20H27F2N3O2S.CH4O/c21-19(22)16-8-9-17(18(23-16)14-6-7-14)28(26,27)25-12-20(13-25)10-24(11-20)15-4-2-1-3-5-15;1-2/h8-9,14-15,19H,1-7,10-13H2;2H,1H3. The van der Waals surface area contributed by atoms with E-state index in [1.54, 1.807) is 0 Å². The lowest BCUT2D eigenvalue weighted by molar-refractivity contribution is -0.105. The van der Waals surface area contributed by atoms with Gasteiger partial charge in [-0.15, -0.1) is 0 Å². The minimum absolute atomic E-state index is 0.00390. The Kier molecular flexibility index (Phi) is 6.18. The SMILES string of the molecule is CO.O=S(=O)(c1ccc(C(F)F)nc1C1CC1)N1CC2(CN(C3CCCCC3)C2)C1. The zero-order valence-electron chi connectivity index (χ0n) is 17.4. The van der Waals surface area contributed by atoms with Gasteiger partial charge in [-0.05, 0) is 37.8 Å². The van der Waals surface area contributed by atoms with Gasteiger partial charge < -0.3 is 5.11 Å². The van der Waals surface area contributed by atoms with E-state index in [0.29, 0.717) is 24.8 Å². The Labute approximate surface area is 177 Å². The van der Waals surface area contributed by atoms with Gasteiger partial charge >= 0.3 is 0 Å². The van der Waals surface area contributed by atoms with Crippen LogP contribution < -0.4 is 0 Å². The summed E-state index contributed by atoms with van der Waals surface area (Å²) in [4.78, 5) is 6.68. The summed E-state index contributed by atoms with van der Waals surface area (Å²) in [6.07, 6.45) is 5.45. The molecule has 2 saturated carbocycles. The quantitative estimate of drug-likeness (QED) is 0.757. The number of aliphatic hydroxyl groups excluding tert-OH is 1. The fourth-order valence-electron chi connectivity index (χ4n) is 5.20. The van der Waals surface area contributed by atoms with Crippen LogP contribution in [0.1, 0.15) is 68.7 Å². The Morgan fingerprint density at radius 3 is 2.23 bits per heavy atom. The predicted octanol–water partition coefficient (Wildman–Crippen LogP) is 3.14. The zero-order chi connectivity index (χ0) is 21.5. The molecule has 168 valence electrons. The van der Waals surface area contributed by atoms with Gasteiger partial charge in [0.05, 0.1) is 5.69 Å². The first-order valence-electron chi connectivity index (χ1n) is 10.9. The molecule has 3 heterocycles. The molecule has 1 aromatic heterocycles. The van der Waals surface area contributed by atoms with Gasteiger partial charge in [-0.3, -0.25) is 9.88 Å². The van der Waals surface area contributed by atoms with Crippen LogP contribution in [-0.4, -0.2) is 67.0 Å². The molecule has 0 radical (unpaired) electrons. The maximum atomic E-state index is 13.1. The Hall–Kier alpha value is -1.16. The first-order valence-corrected chi connectivity index (χ1v) is 12.3. The molecule has 0 amide bonds. The van der Waals surface area contributed by atoms with E-state index in [4.69, 9.17) is 5.11 Å². The Morgan fingerprint density at radius 2 is 1.67 bits per heavy atom. The van der Waals surface area contributed by atoms with Gasteiger partial charge in [-0.1, -0.05) is 19.3 Å². The van der Waals surface area contributed by atoms with Gasteiger partial charge in [0, 0.05) is 50.7 Å². The summed E-state index contributed by atoms with van der Waals surface area (Å²) in [6.45, 7) is 3.06. The number of sulfonamides is 1. The number of nitrogens with zero attached hydrogens (tertiary/aromatic N) is 3. The summed E-state index contributed by atoms with van der Waals surface area (Å²) in [5.41, 5.74) is 0.111. The largest absolute Gasteiger partial charge is 0.400 e. The monoisotopic (exact) mass is 443 g/mol. The number of aliphatic hydroxyl groups is 1. The molecule has 0 aromatic carbocycles. The smallest absolute Gasteiger partial charge is 0.280 e. The van der Waals surface area contributed by atoms with Crippen molar-refractivity contribution < 1.29 is 22.3 Å². The van der Waals surface area contributed by atoms with Crippen LogP contribution in [0.15, 0.2) is 17.0 Å². The van der Waals surface area contributed by atoms with Crippen LogP contribution >= 0.6 is 0 Å². The predicted molar refractivity (Wildman–Crippen MR) is 109 cm³/mol. The van der Waals surface area contributed by atoms with Crippen LogP contribution in [0.25, 0.3) is 0 Å². The van der Waals surface area contributed by atoms with E-state index in [-0.39, 0.29) is 21.9 Å². The van der Waals surface area contributed by atoms with Gasteiger partial charge in [0.2, 0.25) is 10.0 Å². The van der Waals surface area contributed by atoms with E-state index in [1.807, 2.05) is 0 Å². The molecular weight excluding hydrogens is 412 g/mol. The van der Waals surface area contributed by atoms with E-state index in [0.717, 1.165) is 39.1 Å². The lowest BCUT2D eigenvalue weighted by Crippen LogP contribution is -2.74. The van der Waals surface area contributed by atoms with Gasteiger partial charge in [0.15, 0.2) is 0 Å². The highest BCUT2D eigenvalue weighted by molar-refractivity contribution is 7.89. The molecule has 0 bridgehead atoms. The maximum Gasteiger partial charge on any atom is 0.280 e. The number of alkyl halides is 2. The second-order valence-electron chi connectivity index (χ2n) is 9.16. The highest BCUT2D eigenvalue weighted by Gasteiger charge is 2.56. The molecule has 1 aromatic rings. The van der Waals surface area contributed by atoms with Crippen molar-refractivity contribution in [2.24, 2.45) is 5.41 Å². The van der Waals surface area contributed by atoms with Crippen molar-refractivity contribution in [2.75, 3.05) is 33.3 Å². The molecule has 30 heavy (non-hydrogen) atoms. The van der Waals surface area contributed by atoms with Crippen molar-refractivity contribution in [3.8, 4) is 0 Å². The topological polar surface area (TPSA) is 73.7 Å². The van der Waals surface area contributed by atoms with E-state index < -0.39 is 16.4 Å². The molecule has 2 saturated heterocycles. The van der Waals surface area contributed by atoms with Crippen molar-refractivity contribution >= 4 is 10.0 Å². The van der Waals surface area contributed by atoms with E-state index in [2.05, 4.69) is 9.88 Å². The Balaban J connectivity index is 0.00000106. The lowest BCUT2D eigenvalue weighted by atomic mass is 9.72. The van der Waals surface area contributed by atoms with Crippen molar-refractivity contribution in [3.63, 3.8) is 0 Å². The van der Waals surface area contributed by atoms with Crippen LogP contribution in [0.5, 0.6) is 0 Å². The van der Waals surface area contributed by atoms with Crippen molar-refractivity contribution in [1.82, 2.24) is 14.2 Å². The lowest BCUT2D eigenvalue weighted by Gasteiger charge is -2.61. The molecule has 0 unspecified atom stereocenters. The molecule has 9 heteroatoms. The number of hydrogen-bond donors (Lipinski definition) is 1. The molecule has 0 atom stereocenters. The molecule has 4 aliphatic rings. The number of aromatic nitrogens is 1. The Bertz CT molecular complexity index is 856. The normalized spacial score (nSPS) is 24.8. The summed E-state index contributed by atoms with van der Waals surface area (Å²) in [5, 5.41) is 7.00. The van der Waals surface area contributed by atoms with Crippen molar-refractivity contribution in [3.05, 3.63) is 23.5 Å². The molecule has 4 fully saturated rings. The molecule has 6 nitrogen and oxygen atoms in total. The Morgan fingerprint density at radius 1 is 1.03 bits per heavy atom. The van der Waals surface area contributed by atoms with E-state index >= 15 is 0 Å². The zero-order valence-corrected chi connectivity index (χ0v) is 18.3.